The Morgan fingerprint density at radius 2 is 2.00 bits per heavy atom. The van der Waals surface area contributed by atoms with E-state index in [-0.39, 0.29) is 6.10 Å². The number of hydrogen-bond donors (Lipinski definition) is 0. The van der Waals surface area contributed by atoms with Crippen LogP contribution < -0.4 is 9.47 Å². The third kappa shape index (κ3) is 2.88. The zero-order chi connectivity index (χ0) is 13.2. The van der Waals surface area contributed by atoms with Crippen molar-refractivity contribution in [2.45, 2.75) is 12.5 Å². The predicted molar refractivity (Wildman–Crippen MR) is 64.0 cm³/mol. The quantitative estimate of drug-likeness (QED) is 0.762. The van der Waals surface area contributed by atoms with Gasteiger partial charge in [0.25, 0.3) is 11.8 Å². The molecule has 0 N–H and O–H groups in total. The molecular weight excluding hydrogens is 258 g/mol. The Hall–Kier alpha value is -1.41. The van der Waals surface area contributed by atoms with Gasteiger partial charge in [-0.1, -0.05) is 0 Å². The Balaban J connectivity index is 2.04. The minimum absolute atomic E-state index is 0.217. The number of rotatable bonds is 4. The van der Waals surface area contributed by atoms with Crippen molar-refractivity contribution >= 4 is 10.0 Å². The van der Waals surface area contributed by atoms with Crippen LogP contribution >= 0.6 is 0 Å². The molecule has 2 heterocycles. The van der Waals surface area contributed by atoms with Crippen molar-refractivity contribution in [2.75, 3.05) is 26.5 Å². The molecule has 1 aromatic rings. The zero-order valence-electron chi connectivity index (χ0n) is 10.2. The first kappa shape index (κ1) is 13.0. The van der Waals surface area contributed by atoms with Gasteiger partial charge in [-0.05, 0) is 6.42 Å². The summed E-state index contributed by atoms with van der Waals surface area (Å²) in [7, 11) is -1.68. The van der Waals surface area contributed by atoms with Crippen molar-refractivity contribution in [3.8, 4) is 11.8 Å². The highest BCUT2D eigenvalue weighted by molar-refractivity contribution is 7.88. The molecule has 0 amide bonds. The van der Waals surface area contributed by atoms with Crippen LogP contribution in [0.2, 0.25) is 0 Å². The topological polar surface area (TPSA) is 81.6 Å². The van der Waals surface area contributed by atoms with Crippen LogP contribution in [-0.4, -0.2) is 55.3 Å². The van der Waals surface area contributed by atoms with Crippen LogP contribution in [0.5, 0.6) is 11.8 Å². The summed E-state index contributed by atoms with van der Waals surface area (Å²) in [6.45, 7) is 0.796. The van der Waals surface area contributed by atoms with Crippen LogP contribution in [0.15, 0.2) is 12.4 Å². The van der Waals surface area contributed by atoms with E-state index in [1.54, 1.807) is 0 Å². The van der Waals surface area contributed by atoms with Crippen molar-refractivity contribution in [1.29, 1.82) is 0 Å². The maximum atomic E-state index is 11.4. The standard InChI is InChI=1S/C10H15N3O4S/c1-16-9-10(12-5-4-11-9)17-8-3-6-13(7-8)18(2,14)15/h4-5,8H,3,6-7H2,1-2H3. The van der Waals surface area contributed by atoms with E-state index in [0.717, 1.165) is 0 Å². The maximum absolute atomic E-state index is 11.4. The number of sulfonamides is 1. The number of methoxy groups -OCH3 is 1. The molecule has 18 heavy (non-hydrogen) atoms. The van der Waals surface area contributed by atoms with Crippen molar-refractivity contribution in [3.63, 3.8) is 0 Å². The fourth-order valence-corrected chi connectivity index (χ4v) is 2.66. The Morgan fingerprint density at radius 3 is 2.56 bits per heavy atom. The smallest absolute Gasteiger partial charge is 0.278 e. The highest BCUT2D eigenvalue weighted by Crippen LogP contribution is 2.24. The second-order valence-electron chi connectivity index (χ2n) is 4.02. The second-order valence-corrected chi connectivity index (χ2v) is 6.00. The molecule has 100 valence electrons. The number of hydrogen-bond acceptors (Lipinski definition) is 6. The lowest BCUT2D eigenvalue weighted by atomic mass is 10.3. The van der Waals surface area contributed by atoms with Crippen molar-refractivity contribution < 1.29 is 17.9 Å². The van der Waals surface area contributed by atoms with E-state index >= 15 is 0 Å². The summed E-state index contributed by atoms with van der Waals surface area (Å²) < 4.78 is 34.8. The molecule has 0 bridgehead atoms. The molecule has 1 aliphatic rings. The molecule has 0 aromatic carbocycles. The molecule has 1 saturated heterocycles. The summed E-state index contributed by atoms with van der Waals surface area (Å²) in [5.41, 5.74) is 0. The number of nitrogens with zero attached hydrogens (tertiary/aromatic N) is 3. The van der Waals surface area contributed by atoms with Crippen LogP contribution in [0, 0.1) is 0 Å². The average molecular weight is 273 g/mol. The summed E-state index contributed by atoms with van der Waals surface area (Å²) in [6, 6.07) is 0. The Kier molecular flexibility index (Phi) is 3.67. The van der Waals surface area contributed by atoms with Gasteiger partial charge < -0.3 is 9.47 Å². The van der Waals surface area contributed by atoms with Gasteiger partial charge in [0.2, 0.25) is 10.0 Å². The molecule has 1 unspecified atom stereocenters. The lowest BCUT2D eigenvalue weighted by Crippen LogP contribution is -2.30. The SMILES string of the molecule is COc1nccnc1OC1CCN(S(C)(=O)=O)C1. The minimum atomic E-state index is -3.16. The Labute approximate surface area is 106 Å². The summed E-state index contributed by atoms with van der Waals surface area (Å²) >= 11 is 0. The fourth-order valence-electron chi connectivity index (χ4n) is 1.79. The van der Waals surface area contributed by atoms with Crippen LogP contribution in [0.25, 0.3) is 0 Å². The highest BCUT2D eigenvalue weighted by Gasteiger charge is 2.30. The van der Waals surface area contributed by atoms with Gasteiger partial charge in [0.15, 0.2) is 0 Å². The van der Waals surface area contributed by atoms with Crippen molar-refractivity contribution in [2.24, 2.45) is 0 Å². The van der Waals surface area contributed by atoms with Crippen LogP contribution in [0.1, 0.15) is 6.42 Å². The maximum Gasteiger partial charge on any atom is 0.278 e. The second kappa shape index (κ2) is 5.07. The molecule has 1 fully saturated rings. The third-order valence-electron chi connectivity index (χ3n) is 2.68. The zero-order valence-corrected chi connectivity index (χ0v) is 11.1. The molecule has 0 saturated carbocycles. The van der Waals surface area contributed by atoms with Gasteiger partial charge in [-0.2, -0.15) is 4.31 Å². The van der Waals surface area contributed by atoms with Gasteiger partial charge in [-0.25, -0.2) is 18.4 Å². The number of aromatic nitrogens is 2. The predicted octanol–water partition coefficient (Wildman–Crippen LogP) is -0.102. The average Bonchev–Trinajstić information content (AvgIpc) is 2.78. The Bertz CT molecular complexity index is 520. The van der Waals surface area contributed by atoms with E-state index in [2.05, 4.69) is 9.97 Å². The van der Waals surface area contributed by atoms with Crippen LogP contribution in [0.4, 0.5) is 0 Å². The normalized spacial score (nSPS) is 20.9. The van der Waals surface area contributed by atoms with Crippen molar-refractivity contribution in [3.05, 3.63) is 12.4 Å². The molecule has 0 aliphatic carbocycles. The number of ether oxygens (including phenoxy) is 2. The molecule has 8 heteroatoms. The molecule has 1 aromatic heterocycles. The Morgan fingerprint density at radius 1 is 1.33 bits per heavy atom. The van der Waals surface area contributed by atoms with Gasteiger partial charge in [0, 0.05) is 18.9 Å². The largest absolute Gasteiger partial charge is 0.477 e. The molecule has 1 aliphatic heterocycles. The van der Waals surface area contributed by atoms with Crippen LogP contribution in [0.3, 0.4) is 0 Å². The summed E-state index contributed by atoms with van der Waals surface area (Å²) in [4.78, 5) is 7.99. The van der Waals surface area contributed by atoms with E-state index in [1.807, 2.05) is 0 Å². The minimum Gasteiger partial charge on any atom is -0.477 e. The molecule has 7 nitrogen and oxygen atoms in total. The molecular formula is C10H15N3O4S. The first-order valence-corrected chi connectivity index (χ1v) is 7.32. The van der Waals surface area contributed by atoms with E-state index in [1.165, 1.54) is 30.1 Å². The molecule has 2 rings (SSSR count). The van der Waals surface area contributed by atoms with Crippen LogP contribution in [-0.2, 0) is 10.0 Å². The molecule has 0 spiro atoms. The van der Waals surface area contributed by atoms with Gasteiger partial charge >= 0.3 is 0 Å². The lowest BCUT2D eigenvalue weighted by Gasteiger charge is -2.15. The van der Waals surface area contributed by atoms with E-state index in [0.29, 0.717) is 31.3 Å². The fraction of sp³-hybridized carbons (Fsp3) is 0.600. The molecule has 1 atom stereocenters. The van der Waals surface area contributed by atoms with E-state index in [9.17, 15) is 8.42 Å². The summed E-state index contributed by atoms with van der Waals surface area (Å²) in [6.07, 6.45) is 4.61. The van der Waals surface area contributed by atoms with Crippen molar-refractivity contribution in [1.82, 2.24) is 14.3 Å². The monoisotopic (exact) mass is 273 g/mol. The first-order chi connectivity index (χ1) is 8.50. The third-order valence-corrected chi connectivity index (χ3v) is 3.95. The summed E-state index contributed by atoms with van der Waals surface area (Å²) in [5, 5.41) is 0. The van der Waals surface area contributed by atoms with Gasteiger partial charge in [-0.3, -0.25) is 0 Å². The van der Waals surface area contributed by atoms with Gasteiger partial charge in [0.1, 0.15) is 6.10 Å². The summed E-state index contributed by atoms with van der Waals surface area (Å²) in [5.74, 6) is 0.593. The van der Waals surface area contributed by atoms with E-state index in [4.69, 9.17) is 9.47 Å². The highest BCUT2D eigenvalue weighted by atomic mass is 32.2. The first-order valence-electron chi connectivity index (χ1n) is 5.47. The van der Waals surface area contributed by atoms with Gasteiger partial charge in [0.05, 0.1) is 19.9 Å². The molecule has 0 radical (unpaired) electrons. The van der Waals surface area contributed by atoms with E-state index < -0.39 is 10.0 Å². The van der Waals surface area contributed by atoms with Gasteiger partial charge in [-0.15, -0.1) is 0 Å². The lowest BCUT2D eigenvalue weighted by molar-refractivity contribution is 0.194.